The molecule has 9 nitrogen and oxygen atoms in total. The smallest absolute Gasteiger partial charge is 0.306 e. The Balaban J connectivity index is 1.27. The van der Waals surface area contributed by atoms with E-state index in [1.54, 1.807) is 6.20 Å². The number of nitrogen functional groups attached to an aromatic ring is 1. The number of nitrogens with two attached hydrogens (primary N) is 1. The van der Waals surface area contributed by atoms with Gasteiger partial charge in [-0.1, -0.05) is 30.3 Å². The fourth-order valence-electron chi connectivity index (χ4n) is 5.80. The molecule has 0 radical (unpaired) electrons. The van der Waals surface area contributed by atoms with Crippen LogP contribution >= 0.6 is 0 Å². The van der Waals surface area contributed by atoms with Crippen molar-refractivity contribution in [1.82, 2.24) is 24.5 Å². The van der Waals surface area contributed by atoms with E-state index in [0.717, 1.165) is 59.8 Å². The molecular formula is C29H25N7O2. The minimum atomic E-state index is -0.682. The van der Waals surface area contributed by atoms with Crippen LogP contribution in [-0.4, -0.2) is 48.7 Å². The molecule has 1 aliphatic carbocycles. The largest absolute Gasteiger partial charge is 0.481 e. The van der Waals surface area contributed by atoms with Gasteiger partial charge in [-0.2, -0.15) is 0 Å². The average molecular weight is 504 g/mol. The number of carboxylic acids is 1. The van der Waals surface area contributed by atoms with E-state index in [1.807, 2.05) is 77.5 Å². The summed E-state index contributed by atoms with van der Waals surface area (Å²) < 4.78 is 1.98. The van der Waals surface area contributed by atoms with Crippen LogP contribution in [0, 0.1) is 11.3 Å². The Kier molecular flexibility index (Phi) is 4.94. The highest BCUT2D eigenvalue weighted by molar-refractivity contribution is 5.84. The average Bonchev–Trinajstić information content (AvgIpc) is 3.26. The molecule has 0 amide bonds. The molecule has 2 fully saturated rings. The van der Waals surface area contributed by atoms with Crippen LogP contribution in [0.5, 0.6) is 0 Å². The number of carboxylic acid groups (broad SMARTS) is 1. The van der Waals surface area contributed by atoms with Gasteiger partial charge in [0.1, 0.15) is 17.2 Å². The molecule has 1 aliphatic heterocycles. The highest BCUT2D eigenvalue weighted by Gasteiger charge is 2.54. The van der Waals surface area contributed by atoms with Crippen molar-refractivity contribution in [3.63, 3.8) is 0 Å². The lowest BCUT2D eigenvalue weighted by atomic mass is 9.58. The molecule has 38 heavy (non-hydrogen) atoms. The second-order valence-electron chi connectivity index (χ2n) is 10.3. The van der Waals surface area contributed by atoms with Crippen molar-refractivity contribution in [3.05, 3.63) is 79.1 Å². The molecule has 1 spiro atoms. The fourth-order valence-corrected chi connectivity index (χ4v) is 5.80. The second-order valence-corrected chi connectivity index (χ2v) is 10.3. The van der Waals surface area contributed by atoms with Crippen LogP contribution in [0.3, 0.4) is 0 Å². The number of imidazole rings is 1. The van der Waals surface area contributed by atoms with Crippen molar-refractivity contribution >= 4 is 28.8 Å². The third kappa shape index (κ3) is 3.58. The van der Waals surface area contributed by atoms with E-state index in [4.69, 9.17) is 20.7 Å². The van der Waals surface area contributed by atoms with Crippen molar-refractivity contribution in [1.29, 1.82) is 0 Å². The van der Waals surface area contributed by atoms with E-state index < -0.39 is 5.97 Å². The first-order chi connectivity index (χ1) is 18.5. The predicted molar refractivity (Wildman–Crippen MR) is 145 cm³/mol. The summed E-state index contributed by atoms with van der Waals surface area (Å²) in [5.41, 5.74) is 11.2. The predicted octanol–water partition coefficient (Wildman–Crippen LogP) is 4.43. The van der Waals surface area contributed by atoms with E-state index in [0.29, 0.717) is 17.3 Å². The topological polar surface area (TPSA) is 123 Å². The van der Waals surface area contributed by atoms with E-state index in [-0.39, 0.29) is 11.3 Å². The van der Waals surface area contributed by atoms with Gasteiger partial charge in [0.25, 0.3) is 0 Å². The lowest BCUT2D eigenvalue weighted by molar-refractivity contribution is -0.151. The molecular weight excluding hydrogens is 478 g/mol. The zero-order valence-corrected chi connectivity index (χ0v) is 20.5. The van der Waals surface area contributed by atoms with E-state index in [9.17, 15) is 9.90 Å². The molecule has 0 atom stereocenters. The van der Waals surface area contributed by atoms with Crippen molar-refractivity contribution in [2.24, 2.45) is 11.3 Å². The number of rotatable bonds is 5. The summed E-state index contributed by atoms with van der Waals surface area (Å²) in [6, 6.07) is 21.7. The van der Waals surface area contributed by atoms with Gasteiger partial charge in [-0.3, -0.25) is 9.36 Å². The van der Waals surface area contributed by atoms with Crippen LogP contribution in [0.15, 0.2) is 79.1 Å². The Labute approximate surface area is 218 Å². The fraction of sp³-hybridized carbons (Fsp3) is 0.207. The Morgan fingerprint density at radius 2 is 1.76 bits per heavy atom. The van der Waals surface area contributed by atoms with Gasteiger partial charge in [-0.15, -0.1) is 0 Å². The number of pyridine rings is 3. The number of benzene rings is 1. The van der Waals surface area contributed by atoms with Crippen LogP contribution in [0.4, 0.5) is 11.6 Å². The number of nitrogens with zero attached hydrogens (tertiary/aromatic N) is 6. The number of aromatic nitrogens is 5. The molecule has 9 heteroatoms. The molecule has 0 bridgehead atoms. The van der Waals surface area contributed by atoms with Crippen LogP contribution in [0.25, 0.3) is 39.5 Å². The number of hydrogen-bond donors (Lipinski definition) is 2. The maximum atomic E-state index is 11.2. The van der Waals surface area contributed by atoms with Crippen molar-refractivity contribution < 1.29 is 9.90 Å². The van der Waals surface area contributed by atoms with E-state index >= 15 is 0 Å². The Hall–Kier alpha value is -4.79. The molecule has 3 N–H and O–H groups in total. The van der Waals surface area contributed by atoms with Crippen LogP contribution < -0.4 is 10.6 Å². The summed E-state index contributed by atoms with van der Waals surface area (Å²) in [4.78, 5) is 32.3. The first-order valence-electron chi connectivity index (χ1n) is 12.6. The van der Waals surface area contributed by atoms with Crippen LogP contribution in [-0.2, 0) is 4.79 Å². The number of carbonyl (C=O) groups is 1. The number of fused-ring (bicyclic) bond motifs is 1. The highest BCUT2D eigenvalue weighted by atomic mass is 16.4. The first kappa shape index (κ1) is 22.4. The Morgan fingerprint density at radius 3 is 2.47 bits per heavy atom. The maximum Gasteiger partial charge on any atom is 0.306 e. The van der Waals surface area contributed by atoms with Gasteiger partial charge in [0, 0.05) is 30.3 Å². The van der Waals surface area contributed by atoms with Gasteiger partial charge < -0.3 is 15.7 Å². The Morgan fingerprint density at radius 1 is 0.947 bits per heavy atom. The standard InChI is InChI=1S/C29H25N7O2/c30-25-21(7-4-12-31-25)26-34-23-10-9-22(18-5-2-1-3-6-18)33-27(23)36(26)20-8-11-24(32-15-20)35-16-29(17-35)13-19(14-29)28(37)38/h1-12,15,19H,13-14,16-17H2,(H2,30,31)(H,37,38). The molecule has 7 rings (SSSR count). The second kappa shape index (κ2) is 8.37. The molecule has 4 aromatic heterocycles. The molecule has 2 aliphatic rings. The highest BCUT2D eigenvalue weighted by Crippen LogP contribution is 2.52. The Bertz CT molecular complexity index is 1670. The van der Waals surface area contributed by atoms with Crippen LogP contribution in [0.1, 0.15) is 12.8 Å². The first-order valence-corrected chi connectivity index (χ1v) is 12.6. The molecule has 1 aromatic carbocycles. The lowest BCUT2D eigenvalue weighted by Crippen LogP contribution is -2.63. The summed E-state index contributed by atoms with van der Waals surface area (Å²) in [6.07, 6.45) is 5.00. The molecule has 0 unspecified atom stereocenters. The van der Waals surface area contributed by atoms with Crippen LogP contribution in [0.2, 0.25) is 0 Å². The summed E-state index contributed by atoms with van der Waals surface area (Å²) in [5, 5.41) is 9.22. The monoisotopic (exact) mass is 503 g/mol. The SMILES string of the molecule is Nc1ncccc1-c1nc2ccc(-c3ccccc3)nc2n1-c1ccc(N2CC3(CC(C(=O)O)C3)C2)nc1. The van der Waals surface area contributed by atoms with Gasteiger partial charge in [-0.05, 0) is 49.2 Å². The quantitative estimate of drug-likeness (QED) is 0.361. The van der Waals surface area contributed by atoms with Gasteiger partial charge in [0.05, 0.1) is 29.1 Å². The summed E-state index contributed by atoms with van der Waals surface area (Å²) >= 11 is 0. The molecule has 5 aromatic rings. The van der Waals surface area contributed by atoms with E-state index in [1.165, 1.54) is 0 Å². The number of anilines is 2. The zero-order valence-electron chi connectivity index (χ0n) is 20.5. The lowest BCUT2D eigenvalue weighted by Gasteiger charge is -2.58. The van der Waals surface area contributed by atoms with E-state index in [2.05, 4.69) is 9.88 Å². The maximum absolute atomic E-state index is 11.2. The molecule has 5 heterocycles. The van der Waals surface area contributed by atoms with Crippen molar-refractivity contribution in [2.75, 3.05) is 23.7 Å². The van der Waals surface area contributed by atoms with Gasteiger partial charge in [0.2, 0.25) is 0 Å². The van der Waals surface area contributed by atoms with Gasteiger partial charge in [0.15, 0.2) is 11.5 Å². The third-order valence-electron chi connectivity index (χ3n) is 7.73. The molecule has 1 saturated heterocycles. The molecule has 188 valence electrons. The summed E-state index contributed by atoms with van der Waals surface area (Å²) in [6.45, 7) is 1.69. The summed E-state index contributed by atoms with van der Waals surface area (Å²) in [5.74, 6) is 1.03. The van der Waals surface area contributed by atoms with Crippen molar-refractivity contribution in [2.45, 2.75) is 12.8 Å². The van der Waals surface area contributed by atoms with Crippen molar-refractivity contribution in [3.8, 4) is 28.3 Å². The minimum absolute atomic E-state index is 0.132. The number of hydrogen-bond acceptors (Lipinski definition) is 7. The normalized spacial score (nSPS) is 16.4. The molecule has 1 saturated carbocycles. The number of aliphatic carboxylic acids is 1. The summed E-state index contributed by atoms with van der Waals surface area (Å²) in [7, 11) is 0. The minimum Gasteiger partial charge on any atom is -0.481 e. The zero-order chi connectivity index (χ0) is 25.9. The third-order valence-corrected chi connectivity index (χ3v) is 7.73. The van der Waals surface area contributed by atoms with Gasteiger partial charge in [-0.25, -0.2) is 19.9 Å². The van der Waals surface area contributed by atoms with Gasteiger partial charge >= 0.3 is 5.97 Å².